The molecule has 0 radical (unpaired) electrons. The minimum Gasteiger partial charge on any atom is -0.495 e. The molecular formula is C19H25N3O6S. The summed E-state index contributed by atoms with van der Waals surface area (Å²) in [5.41, 5.74) is 0.239. The summed E-state index contributed by atoms with van der Waals surface area (Å²) in [4.78, 5) is 24.1. The van der Waals surface area contributed by atoms with Crippen molar-refractivity contribution in [3.63, 3.8) is 0 Å². The number of amides is 2. The zero-order valence-corrected chi connectivity index (χ0v) is 17.4. The van der Waals surface area contributed by atoms with Gasteiger partial charge in [0.25, 0.3) is 5.91 Å². The second-order valence-electron chi connectivity index (χ2n) is 5.98. The van der Waals surface area contributed by atoms with Crippen molar-refractivity contribution in [2.24, 2.45) is 0 Å². The van der Waals surface area contributed by atoms with Crippen molar-refractivity contribution >= 4 is 27.5 Å². The Labute approximate surface area is 170 Å². The fourth-order valence-corrected chi connectivity index (χ4v) is 4.14. The van der Waals surface area contributed by atoms with E-state index in [0.29, 0.717) is 18.8 Å². The Morgan fingerprint density at radius 3 is 2.48 bits per heavy atom. The van der Waals surface area contributed by atoms with Gasteiger partial charge in [0, 0.05) is 26.1 Å². The number of hydrogen-bond donors (Lipinski definition) is 2. The average molecular weight is 423 g/mol. The molecule has 0 aliphatic heterocycles. The molecule has 0 fully saturated rings. The molecule has 0 unspecified atom stereocenters. The van der Waals surface area contributed by atoms with Crippen molar-refractivity contribution in [2.75, 3.05) is 32.1 Å². The van der Waals surface area contributed by atoms with Crippen molar-refractivity contribution in [3.05, 3.63) is 42.4 Å². The summed E-state index contributed by atoms with van der Waals surface area (Å²) in [5.74, 6) is -0.342. The molecule has 2 amide bonds. The molecular weight excluding hydrogens is 398 g/mol. The summed E-state index contributed by atoms with van der Waals surface area (Å²) in [5, 5.41) is 5.20. The highest BCUT2D eigenvalue weighted by Crippen LogP contribution is 2.29. The summed E-state index contributed by atoms with van der Waals surface area (Å²) in [6.07, 6.45) is 1.37. The maximum Gasteiger partial charge on any atom is 0.286 e. The van der Waals surface area contributed by atoms with E-state index in [1.807, 2.05) is 0 Å². The first-order chi connectivity index (χ1) is 13.8. The monoisotopic (exact) mass is 423 g/mol. The maximum atomic E-state index is 12.7. The molecule has 0 atom stereocenters. The number of ether oxygens (including phenoxy) is 1. The first-order valence-corrected chi connectivity index (χ1v) is 10.6. The zero-order valence-electron chi connectivity index (χ0n) is 16.6. The molecule has 158 valence electrons. The quantitative estimate of drug-likeness (QED) is 0.604. The van der Waals surface area contributed by atoms with Gasteiger partial charge in [-0.25, -0.2) is 8.42 Å². The first-order valence-electron chi connectivity index (χ1n) is 9.13. The van der Waals surface area contributed by atoms with E-state index in [1.54, 1.807) is 19.9 Å². The molecule has 0 aliphatic rings. The third-order valence-electron chi connectivity index (χ3n) is 4.17. The predicted octanol–water partition coefficient (Wildman–Crippen LogP) is 2.08. The molecule has 1 heterocycles. The Balaban J connectivity index is 2.06. The van der Waals surface area contributed by atoms with Gasteiger partial charge in [0.05, 0.1) is 24.0 Å². The lowest BCUT2D eigenvalue weighted by Crippen LogP contribution is -2.30. The molecule has 0 saturated carbocycles. The van der Waals surface area contributed by atoms with Gasteiger partial charge in [0.15, 0.2) is 5.76 Å². The molecule has 2 aromatic rings. The lowest BCUT2D eigenvalue weighted by Gasteiger charge is -2.19. The number of benzene rings is 1. The topological polar surface area (TPSA) is 118 Å². The van der Waals surface area contributed by atoms with E-state index in [9.17, 15) is 18.0 Å². The summed E-state index contributed by atoms with van der Waals surface area (Å²) < 4.78 is 36.9. The third-order valence-corrected chi connectivity index (χ3v) is 6.22. The SMILES string of the molecule is CCN(CC)S(=O)(=O)c1ccc(OC)c(NC(=O)CCNC(=O)c2ccco2)c1. The number of furan rings is 1. The molecule has 2 rings (SSSR count). The number of methoxy groups -OCH3 is 1. The summed E-state index contributed by atoms with van der Waals surface area (Å²) in [6, 6.07) is 7.40. The molecule has 9 nitrogen and oxygen atoms in total. The highest BCUT2D eigenvalue weighted by molar-refractivity contribution is 7.89. The number of rotatable bonds is 10. The van der Waals surface area contributed by atoms with E-state index in [1.165, 1.54) is 41.9 Å². The molecule has 2 N–H and O–H groups in total. The van der Waals surface area contributed by atoms with E-state index >= 15 is 0 Å². The van der Waals surface area contributed by atoms with Crippen LogP contribution in [0.2, 0.25) is 0 Å². The van der Waals surface area contributed by atoms with E-state index in [4.69, 9.17) is 9.15 Å². The third kappa shape index (κ3) is 5.58. The van der Waals surface area contributed by atoms with Gasteiger partial charge >= 0.3 is 0 Å². The van der Waals surface area contributed by atoms with E-state index in [0.717, 1.165) is 0 Å². The minimum atomic E-state index is -3.68. The number of hydrogen-bond acceptors (Lipinski definition) is 6. The number of nitrogens with one attached hydrogen (secondary N) is 2. The van der Waals surface area contributed by atoms with Gasteiger partial charge in [-0.1, -0.05) is 13.8 Å². The van der Waals surface area contributed by atoms with Crippen molar-refractivity contribution < 1.29 is 27.2 Å². The van der Waals surface area contributed by atoms with Gasteiger partial charge in [-0.3, -0.25) is 9.59 Å². The maximum absolute atomic E-state index is 12.7. The van der Waals surface area contributed by atoms with Gasteiger partial charge < -0.3 is 19.8 Å². The molecule has 0 aliphatic carbocycles. The van der Waals surface area contributed by atoms with E-state index < -0.39 is 21.8 Å². The van der Waals surface area contributed by atoms with Crippen molar-refractivity contribution in [3.8, 4) is 5.75 Å². The normalized spacial score (nSPS) is 11.3. The van der Waals surface area contributed by atoms with Gasteiger partial charge in [0.1, 0.15) is 5.75 Å². The van der Waals surface area contributed by atoms with Crippen molar-refractivity contribution in [1.29, 1.82) is 0 Å². The van der Waals surface area contributed by atoms with Crippen LogP contribution in [-0.4, -0.2) is 51.3 Å². The Morgan fingerprint density at radius 2 is 1.90 bits per heavy atom. The van der Waals surface area contributed by atoms with Gasteiger partial charge in [-0.05, 0) is 30.3 Å². The summed E-state index contributed by atoms with van der Waals surface area (Å²) in [6.45, 7) is 4.27. The molecule has 0 spiro atoms. The van der Waals surface area contributed by atoms with E-state index in [2.05, 4.69) is 10.6 Å². The lowest BCUT2D eigenvalue weighted by molar-refractivity contribution is -0.116. The summed E-state index contributed by atoms with van der Waals surface area (Å²) in [7, 11) is -2.25. The van der Waals surface area contributed by atoms with Crippen LogP contribution in [0.5, 0.6) is 5.75 Å². The first kappa shape index (κ1) is 22.4. The number of carbonyl (C=O) groups excluding carboxylic acids is 2. The van der Waals surface area contributed by atoms with Crippen LogP contribution in [0.1, 0.15) is 30.8 Å². The van der Waals surface area contributed by atoms with Crippen LogP contribution in [0.3, 0.4) is 0 Å². The fraction of sp³-hybridized carbons (Fsp3) is 0.368. The Kier molecular flexibility index (Phi) is 7.80. The fourth-order valence-electron chi connectivity index (χ4n) is 2.65. The lowest BCUT2D eigenvalue weighted by atomic mass is 10.2. The Hall–Kier alpha value is -2.85. The Morgan fingerprint density at radius 1 is 1.17 bits per heavy atom. The predicted molar refractivity (Wildman–Crippen MR) is 107 cm³/mol. The molecule has 10 heteroatoms. The van der Waals surface area contributed by atoms with E-state index in [-0.39, 0.29) is 29.3 Å². The number of nitrogens with zero attached hydrogens (tertiary/aromatic N) is 1. The summed E-state index contributed by atoms with van der Waals surface area (Å²) >= 11 is 0. The van der Waals surface area contributed by atoms with Crippen LogP contribution in [-0.2, 0) is 14.8 Å². The number of sulfonamides is 1. The molecule has 1 aromatic carbocycles. The molecule has 29 heavy (non-hydrogen) atoms. The average Bonchev–Trinajstić information content (AvgIpc) is 3.23. The smallest absolute Gasteiger partial charge is 0.286 e. The van der Waals surface area contributed by atoms with Gasteiger partial charge in [-0.2, -0.15) is 4.31 Å². The van der Waals surface area contributed by atoms with Crippen molar-refractivity contribution in [1.82, 2.24) is 9.62 Å². The molecule has 0 saturated heterocycles. The highest BCUT2D eigenvalue weighted by Gasteiger charge is 2.23. The second kappa shape index (κ2) is 10.1. The van der Waals surface area contributed by atoms with Crippen LogP contribution in [0.4, 0.5) is 5.69 Å². The number of anilines is 1. The largest absolute Gasteiger partial charge is 0.495 e. The molecule has 1 aromatic heterocycles. The van der Waals surface area contributed by atoms with Gasteiger partial charge in [0.2, 0.25) is 15.9 Å². The van der Waals surface area contributed by atoms with Crippen LogP contribution < -0.4 is 15.4 Å². The zero-order chi connectivity index (χ0) is 21.4. The van der Waals surface area contributed by atoms with Crippen LogP contribution in [0, 0.1) is 0 Å². The van der Waals surface area contributed by atoms with Crippen LogP contribution in [0.25, 0.3) is 0 Å². The minimum absolute atomic E-state index is 0.0113. The second-order valence-corrected chi connectivity index (χ2v) is 7.92. The van der Waals surface area contributed by atoms with Gasteiger partial charge in [-0.15, -0.1) is 0 Å². The number of carbonyl (C=O) groups is 2. The van der Waals surface area contributed by atoms with Crippen LogP contribution in [0.15, 0.2) is 45.9 Å². The highest BCUT2D eigenvalue weighted by atomic mass is 32.2. The van der Waals surface area contributed by atoms with Crippen LogP contribution >= 0.6 is 0 Å². The standard InChI is InChI=1S/C19H25N3O6S/c1-4-22(5-2)29(25,26)14-8-9-16(27-3)15(13-14)21-18(23)10-11-20-19(24)17-7-6-12-28-17/h6-9,12-13H,4-5,10-11H2,1-3H3,(H,20,24)(H,21,23). The van der Waals surface area contributed by atoms with Crippen molar-refractivity contribution in [2.45, 2.75) is 25.2 Å². The Bertz CT molecular complexity index is 937. The molecule has 0 bridgehead atoms.